The molecule has 39 heavy (non-hydrogen) atoms. The maximum Gasteiger partial charge on any atom is 0.250 e. The van der Waals surface area contributed by atoms with Gasteiger partial charge in [0.2, 0.25) is 5.91 Å². The molecule has 1 aromatic heterocycles. The van der Waals surface area contributed by atoms with Crippen molar-refractivity contribution in [3.05, 3.63) is 100 Å². The van der Waals surface area contributed by atoms with E-state index in [4.69, 9.17) is 4.74 Å². The number of piperidine rings is 1. The van der Waals surface area contributed by atoms with Crippen molar-refractivity contribution in [1.82, 2.24) is 14.8 Å². The number of benzene rings is 1. The molecule has 2 aromatic rings. The number of hydrogen-bond donors (Lipinski definition) is 1. The first-order valence-electron chi connectivity index (χ1n) is 14.2. The third-order valence-corrected chi connectivity index (χ3v) is 7.87. The van der Waals surface area contributed by atoms with Gasteiger partial charge in [0.05, 0.1) is 5.92 Å². The van der Waals surface area contributed by atoms with Gasteiger partial charge in [0.25, 0.3) is 5.56 Å². The van der Waals surface area contributed by atoms with Crippen LogP contribution in [0.2, 0.25) is 0 Å². The van der Waals surface area contributed by atoms with E-state index < -0.39 is 0 Å². The number of nitrogens with one attached hydrogen (secondary N) is 1. The van der Waals surface area contributed by atoms with Gasteiger partial charge >= 0.3 is 0 Å². The molecule has 4 rings (SSSR count). The van der Waals surface area contributed by atoms with Crippen LogP contribution >= 0.6 is 0 Å². The number of ether oxygens (including phenoxy) is 1. The van der Waals surface area contributed by atoms with Gasteiger partial charge in [0, 0.05) is 52.2 Å². The lowest BCUT2D eigenvalue weighted by Gasteiger charge is -2.36. The van der Waals surface area contributed by atoms with Crippen molar-refractivity contribution in [1.29, 1.82) is 0 Å². The van der Waals surface area contributed by atoms with Crippen LogP contribution in [0.15, 0.2) is 72.2 Å². The van der Waals surface area contributed by atoms with E-state index in [1.54, 1.807) is 24.8 Å². The molecule has 1 amide bonds. The number of hydrogen-bond acceptors (Lipinski definition) is 4. The average Bonchev–Trinajstić information content (AvgIpc) is 3.79. The lowest BCUT2D eigenvalue weighted by atomic mass is 9.80. The van der Waals surface area contributed by atoms with Crippen molar-refractivity contribution in [3.63, 3.8) is 0 Å². The van der Waals surface area contributed by atoms with Crippen molar-refractivity contribution in [3.8, 4) is 0 Å². The molecule has 2 heterocycles. The Kier molecular flexibility index (Phi) is 10.1. The topological polar surface area (TPSA) is 63.6 Å². The minimum Gasteiger partial charge on any atom is -0.385 e. The van der Waals surface area contributed by atoms with Crippen LogP contribution < -0.4 is 10.9 Å². The number of rotatable bonds is 12. The van der Waals surface area contributed by atoms with Gasteiger partial charge in [-0.15, -0.1) is 0 Å². The number of methoxy groups -OCH3 is 1. The maximum atomic E-state index is 14.2. The number of aryl methyl sites for hydroxylation is 2. The Balaban J connectivity index is 1.63. The molecule has 0 radical (unpaired) electrons. The third-order valence-electron chi connectivity index (χ3n) is 7.87. The van der Waals surface area contributed by atoms with Gasteiger partial charge in [0.1, 0.15) is 0 Å². The van der Waals surface area contributed by atoms with E-state index in [1.165, 1.54) is 5.56 Å². The molecule has 208 valence electrons. The van der Waals surface area contributed by atoms with Gasteiger partial charge < -0.3 is 19.5 Å². The van der Waals surface area contributed by atoms with Crippen LogP contribution in [-0.4, -0.2) is 48.2 Å². The first kappa shape index (κ1) is 28.8. The highest BCUT2D eigenvalue weighted by molar-refractivity contribution is 5.81. The predicted octanol–water partition coefficient (Wildman–Crippen LogP) is 4.99. The summed E-state index contributed by atoms with van der Waals surface area (Å²) < 4.78 is 6.87. The minimum atomic E-state index is -0.186. The van der Waals surface area contributed by atoms with E-state index in [0.717, 1.165) is 60.9 Å². The Labute approximate surface area is 233 Å². The maximum absolute atomic E-state index is 14.2. The summed E-state index contributed by atoms with van der Waals surface area (Å²) in [5, 5.41) is 3.44. The summed E-state index contributed by atoms with van der Waals surface area (Å²) in [4.78, 5) is 28.7. The van der Waals surface area contributed by atoms with Crippen molar-refractivity contribution < 1.29 is 9.53 Å². The van der Waals surface area contributed by atoms with Crippen LogP contribution in [0.25, 0.3) is 5.57 Å². The first-order chi connectivity index (χ1) is 18.9. The Hall–Kier alpha value is -3.22. The van der Waals surface area contributed by atoms with E-state index in [2.05, 4.69) is 41.1 Å². The van der Waals surface area contributed by atoms with E-state index in [0.29, 0.717) is 19.7 Å². The van der Waals surface area contributed by atoms with Crippen molar-refractivity contribution in [2.75, 3.05) is 26.8 Å². The molecule has 1 aliphatic heterocycles. The predicted molar refractivity (Wildman–Crippen MR) is 159 cm³/mol. The number of aromatic nitrogens is 1. The van der Waals surface area contributed by atoms with E-state index in [9.17, 15) is 9.59 Å². The van der Waals surface area contributed by atoms with Crippen LogP contribution in [0.3, 0.4) is 0 Å². The molecule has 1 aromatic carbocycles. The van der Waals surface area contributed by atoms with Gasteiger partial charge in [-0.25, -0.2) is 0 Å². The lowest BCUT2D eigenvalue weighted by molar-refractivity contribution is -0.138. The molecule has 6 nitrogen and oxygen atoms in total. The molecule has 0 unspecified atom stereocenters. The summed E-state index contributed by atoms with van der Waals surface area (Å²) in [6.45, 7) is 8.84. The molecule has 1 N–H and O–H groups in total. The first-order valence-corrected chi connectivity index (χ1v) is 14.2. The zero-order valence-electron chi connectivity index (χ0n) is 23.7. The van der Waals surface area contributed by atoms with E-state index in [-0.39, 0.29) is 29.3 Å². The number of allylic oxidation sites excluding steroid dienone is 5. The summed E-state index contributed by atoms with van der Waals surface area (Å²) in [5.41, 5.74) is 5.51. The van der Waals surface area contributed by atoms with Gasteiger partial charge in [-0.2, -0.15) is 0 Å². The minimum absolute atomic E-state index is 0.0295. The van der Waals surface area contributed by atoms with Crippen LogP contribution in [0, 0.1) is 5.92 Å². The molecule has 6 heteroatoms. The van der Waals surface area contributed by atoms with Gasteiger partial charge in [-0.1, -0.05) is 43.0 Å². The zero-order valence-corrected chi connectivity index (χ0v) is 23.7. The van der Waals surface area contributed by atoms with Crippen LogP contribution in [0.5, 0.6) is 0 Å². The number of carbonyl (C=O) groups is 1. The quantitative estimate of drug-likeness (QED) is 0.311. The van der Waals surface area contributed by atoms with Gasteiger partial charge in [-0.3, -0.25) is 9.59 Å². The Morgan fingerprint density at radius 1 is 1.21 bits per heavy atom. The fourth-order valence-electron chi connectivity index (χ4n) is 5.56. The summed E-state index contributed by atoms with van der Waals surface area (Å²) in [6, 6.07) is 10.7. The molecule has 0 bridgehead atoms. The smallest absolute Gasteiger partial charge is 0.250 e. The Bertz CT molecular complexity index is 1270. The molecule has 2 atom stereocenters. The van der Waals surface area contributed by atoms with Crippen molar-refractivity contribution in [2.45, 2.75) is 57.5 Å². The average molecular weight is 530 g/mol. The highest BCUT2D eigenvalue weighted by Gasteiger charge is 2.40. The fourth-order valence-corrected chi connectivity index (χ4v) is 5.56. The highest BCUT2D eigenvalue weighted by Crippen LogP contribution is 2.36. The molecule has 1 saturated carbocycles. The van der Waals surface area contributed by atoms with Gasteiger partial charge in [0.15, 0.2) is 0 Å². The number of carbonyl (C=O) groups excluding carboxylic acids is 1. The van der Waals surface area contributed by atoms with Gasteiger partial charge in [-0.05, 0) is 91.5 Å². The standard InChI is InChI=1S/C33H43N3O3/c1-5-7-10-26(6-2)28-19-24(9-8-17-39-4)18-25(20-28)23-36(29-11-12-29)33(38)31-22-34-15-13-30(31)27-14-16-35(3)32(37)21-27/h5-7,10,14,16,18-21,29-31,34H,2,8-9,11-13,15,17,22-23H2,1,3-4H3/b7-5-,26-10+/t30-,31+/m1/s1. The third kappa shape index (κ3) is 7.46. The molecular weight excluding hydrogens is 486 g/mol. The second-order valence-corrected chi connectivity index (χ2v) is 10.8. The number of amides is 1. The highest BCUT2D eigenvalue weighted by atomic mass is 16.5. The van der Waals surface area contributed by atoms with E-state index >= 15 is 0 Å². The normalized spacial score (nSPS) is 19.8. The molecule has 2 aliphatic rings. The molecule has 1 saturated heterocycles. The van der Waals surface area contributed by atoms with Crippen LogP contribution in [0.1, 0.15) is 60.8 Å². The van der Waals surface area contributed by atoms with Crippen molar-refractivity contribution >= 4 is 11.5 Å². The fraction of sp³-hybridized carbons (Fsp3) is 0.455. The second kappa shape index (κ2) is 13.7. The van der Waals surface area contributed by atoms with Crippen molar-refractivity contribution in [2.24, 2.45) is 13.0 Å². The summed E-state index contributed by atoms with van der Waals surface area (Å²) in [6.07, 6.45) is 14.6. The molecule has 1 aliphatic carbocycles. The summed E-state index contributed by atoms with van der Waals surface area (Å²) in [5.74, 6) is 0.0465. The second-order valence-electron chi connectivity index (χ2n) is 10.8. The van der Waals surface area contributed by atoms with E-state index in [1.807, 2.05) is 37.4 Å². The molecule has 0 spiro atoms. The van der Waals surface area contributed by atoms with Crippen LogP contribution in [-0.2, 0) is 29.5 Å². The Morgan fingerprint density at radius 2 is 2.00 bits per heavy atom. The number of nitrogens with zero attached hydrogens (tertiary/aromatic N) is 2. The molecular formula is C33H43N3O3. The number of pyridine rings is 1. The largest absolute Gasteiger partial charge is 0.385 e. The zero-order chi connectivity index (χ0) is 27.8. The molecule has 2 fully saturated rings. The lowest BCUT2D eigenvalue weighted by Crippen LogP contribution is -2.47. The monoisotopic (exact) mass is 529 g/mol. The SMILES string of the molecule is C=C/C(=C\C=C/C)c1cc(CCCOC)cc(CN(C(=O)[C@H]2CNCC[C@@H]2c2ccn(C)c(=O)c2)C2CC2)c1. The Morgan fingerprint density at radius 3 is 2.69 bits per heavy atom. The summed E-state index contributed by atoms with van der Waals surface area (Å²) >= 11 is 0. The van der Waals surface area contributed by atoms with Crippen LogP contribution in [0.4, 0.5) is 0 Å². The summed E-state index contributed by atoms with van der Waals surface area (Å²) in [7, 11) is 3.49.